The summed E-state index contributed by atoms with van der Waals surface area (Å²) >= 11 is 6.14. The predicted octanol–water partition coefficient (Wildman–Crippen LogP) is 3.12. The maximum absolute atomic E-state index is 6.14. The first-order chi connectivity index (χ1) is 12.1. The summed E-state index contributed by atoms with van der Waals surface area (Å²) in [5, 5.41) is 7.68. The van der Waals surface area contributed by atoms with Crippen LogP contribution in [0, 0.1) is 0 Å². The van der Waals surface area contributed by atoms with E-state index in [1.165, 1.54) is 18.4 Å². The molecular formula is C19H32ClIN4O. The Kier molecular flexibility index (Phi) is 10.8. The van der Waals surface area contributed by atoms with Crippen LogP contribution in [-0.2, 0) is 10.2 Å². The molecule has 7 heteroatoms. The lowest BCUT2D eigenvalue weighted by Crippen LogP contribution is -2.43. The van der Waals surface area contributed by atoms with E-state index in [-0.39, 0.29) is 29.4 Å². The minimum Gasteiger partial charge on any atom is -0.385 e. The number of hydrogen-bond donors (Lipinski definition) is 2. The van der Waals surface area contributed by atoms with E-state index in [2.05, 4.69) is 39.7 Å². The highest BCUT2D eigenvalue weighted by molar-refractivity contribution is 14.0. The predicted molar refractivity (Wildman–Crippen MR) is 121 cm³/mol. The maximum Gasteiger partial charge on any atom is 0.191 e. The van der Waals surface area contributed by atoms with Gasteiger partial charge in [-0.25, -0.2) is 0 Å². The quantitative estimate of drug-likeness (QED) is 0.227. The first kappa shape index (κ1) is 23.5. The third kappa shape index (κ3) is 7.58. The minimum atomic E-state index is 0. The molecule has 148 valence electrons. The number of methoxy groups -OCH3 is 1. The summed E-state index contributed by atoms with van der Waals surface area (Å²) in [6, 6.07) is 8.22. The highest BCUT2D eigenvalue weighted by atomic mass is 127. The van der Waals surface area contributed by atoms with Crippen molar-refractivity contribution in [2.45, 2.75) is 24.7 Å². The van der Waals surface area contributed by atoms with Crippen molar-refractivity contribution in [3.05, 3.63) is 34.9 Å². The first-order valence-corrected chi connectivity index (χ1v) is 9.35. The molecule has 0 aliphatic heterocycles. The fourth-order valence-corrected chi connectivity index (χ4v) is 3.16. The van der Waals surface area contributed by atoms with Crippen LogP contribution in [0.2, 0.25) is 5.02 Å². The van der Waals surface area contributed by atoms with Crippen LogP contribution in [0.3, 0.4) is 0 Å². The van der Waals surface area contributed by atoms with Crippen LogP contribution in [0.15, 0.2) is 29.3 Å². The third-order valence-electron chi connectivity index (χ3n) is 4.78. The Bertz CT molecular complexity index is 566. The van der Waals surface area contributed by atoms with Gasteiger partial charge in [-0.15, -0.1) is 24.0 Å². The van der Waals surface area contributed by atoms with E-state index in [0.717, 1.165) is 50.2 Å². The number of guanidine groups is 1. The second-order valence-electron chi connectivity index (χ2n) is 6.79. The summed E-state index contributed by atoms with van der Waals surface area (Å²) in [7, 11) is 5.69. The van der Waals surface area contributed by atoms with Gasteiger partial charge in [0, 0.05) is 57.4 Å². The number of nitrogens with one attached hydrogen (secondary N) is 2. The SMILES string of the molecule is CN=C(NCCN(C)CCCOC)NCC1(c2cccc(Cl)c2)CC1.I. The van der Waals surface area contributed by atoms with Gasteiger partial charge in [-0.05, 0) is 44.0 Å². The molecule has 2 rings (SSSR count). The zero-order valence-electron chi connectivity index (χ0n) is 16.1. The van der Waals surface area contributed by atoms with Crippen molar-refractivity contribution < 1.29 is 4.74 Å². The molecule has 0 radical (unpaired) electrons. The molecule has 1 aromatic rings. The van der Waals surface area contributed by atoms with Crippen LogP contribution in [0.25, 0.3) is 0 Å². The molecule has 26 heavy (non-hydrogen) atoms. The Morgan fingerprint density at radius 2 is 2.08 bits per heavy atom. The van der Waals surface area contributed by atoms with E-state index < -0.39 is 0 Å². The second kappa shape index (κ2) is 12.0. The summed E-state index contributed by atoms with van der Waals surface area (Å²) in [5.41, 5.74) is 1.53. The average Bonchev–Trinajstić information content (AvgIpc) is 3.39. The number of nitrogens with zero attached hydrogens (tertiary/aromatic N) is 2. The fourth-order valence-electron chi connectivity index (χ4n) is 2.97. The van der Waals surface area contributed by atoms with Gasteiger partial charge in [-0.3, -0.25) is 4.99 Å². The third-order valence-corrected chi connectivity index (χ3v) is 5.02. The molecular weight excluding hydrogens is 463 g/mol. The monoisotopic (exact) mass is 494 g/mol. The van der Waals surface area contributed by atoms with Crippen LogP contribution in [0.5, 0.6) is 0 Å². The topological polar surface area (TPSA) is 48.9 Å². The van der Waals surface area contributed by atoms with Crippen LogP contribution >= 0.6 is 35.6 Å². The Morgan fingerprint density at radius 1 is 1.31 bits per heavy atom. The van der Waals surface area contributed by atoms with Crippen LogP contribution < -0.4 is 10.6 Å². The first-order valence-electron chi connectivity index (χ1n) is 8.98. The number of ether oxygens (including phenoxy) is 1. The average molecular weight is 495 g/mol. The van der Waals surface area contributed by atoms with Gasteiger partial charge in [0.1, 0.15) is 0 Å². The molecule has 0 atom stereocenters. The highest BCUT2D eigenvalue weighted by Gasteiger charge is 2.44. The summed E-state index contributed by atoms with van der Waals surface area (Å²) in [6.45, 7) is 4.58. The van der Waals surface area contributed by atoms with Crippen molar-refractivity contribution in [1.29, 1.82) is 0 Å². The number of likely N-dealkylation sites (N-methyl/N-ethyl adjacent to an activating group) is 1. The van der Waals surface area contributed by atoms with Gasteiger partial charge in [0.05, 0.1) is 0 Å². The summed E-state index contributed by atoms with van der Waals surface area (Å²) in [4.78, 5) is 6.63. The maximum atomic E-state index is 6.14. The highest BCUT2D eigenvalue weighted by Crippen LogP contribution is 2.48. The Balaban J connectivity index is 0.00000338. The Labute approximate surface area is 179 Å². The van der Waals surface area contributed by atoms with Crippen molar-refractivity contribution in [2.24, 2.45) is 4.99 Å². The molecule has 0 heterocycles. The van der Waals surface area contributed by atoms with Crippen molar-refractivity contribution in [3.63, 3.8) is 0 Å². The van der Waals surface area contributed by atoms with E-state index in [9.17, 15) is 0 Å². The van der Waals surface area contributed by atoms with Gasteiger partial charge in [0.25, 0.3) is 0 Å². The van der Waals surface area contributed by atoms with E-state index in [1.807, 2.05) is 19.2 Å². The number of hydrogen-bond acceptors (Lipinski definition) is 3. The van der Waals surface area contributed by atoms with Gasteiger partial charge in [0.2, 0.25) is 0 Å². The Morgan fingerprint density at radius 3 is 2.69 bits per heavy atom. The smallest absolute Gasteiger partial charge is 0.191 e. The molecule has 0 saturated heterocycles. The fraction of sp³-hybridized carbons (Fsp3) is 0.632. The molecule has 2 N–H and O–H groups in total. The van der Waals surface area contributed by atoms with E-state index in [4.69, 9.17) is 16.3 Å². The lowest BCUT2D eigenvalue weighted by molar-refractivity contribution is 0.180. The lowest BCUT2D eigenvalue weighted by Gasteiger charge is -2.21. The van der Waals surface area contributed by atoms with Gasteiger partial charge in [-0.1, -0.05) is 23.7 Å². The molecule has 1 aliphatic rings. The summed E-state index contributed by atoms with van der Waals surface area (Å²) in [6.07, 6.45) is 3.45. The zero-order valence-corrected chi connectivity index (χ0v) is 19.1. The van der Waals surface area contributed by atoms with Crippen molar-refractivity contribution in [1.82, 2.24) is 15.5 Å². The van der Waals surface area contributed by atoms with Gasteiger partial charge in [0.15, 0.2) is 5.96 Å². The van der Waals surface area contributed by atoms with Crippen LogP contribution in [0.1, 0.15) is 24.8 Å². The molecule has 1 aromatic carbocycles. The molecule has 1 saturated carbocycles. The molecule has 1 fully saturated rings. The van der Waals surface area contributed by atoms with Crippen LogP contribution in [-0.4, -0.2) is 64.9 Å². The number of halogens is 2. The van der Waals surface area contributed by atoms with E-state index in [0.29, 0.717) is 0 Å². The summed E-state index contributed by atoms with van der Waals surface area (Å²) in [5.74, 6) is 0.860. The molecule has 0 unspecified atom stereocenters. The standard InChI is InChI=1S/C19H31ClN4O.HI/c1-21-18(22-10-12-24(2)11-5-13-25-3)23-15-19(8-9-19)16-6-4-7-17(20)14-16;/h4,6-7,14H,5,8-13,15H2,1-3H3,(H2,21,22,23);1H. The molecule has 5 nitrogen and oxygen atoms in total. The van der Waals surface area contributed by atoms with Crippen LogP contribution in [0.4, 0.5) is 0 Å². The minimum absolute atomic E-state index is 0. The van der Waals surface area contributed by atoms with Gasteiger partial charge >= 0.3 is 0 Å². The second-order valence-corrected chi connectivity index (χ2v) is 7.23. The number of rotatable bonds is 10. The zero-order chi connectivity index (χ0) is 18.1. The number of benzene rings is 1. The van der Waals surface area contributed by atoms with Crippen molar-refractivity contribution in [2.75, 3.05) is 54.0 Å². The molecule has 0 aromatic heterocycles. The largest absolute Gasteiger partial charge is 0.385 e. The van der Waals surface area contributed by atoms with Gasteiger partial charge in [-0.2, -0.15) is 0 Å². The van der Waals surface area contributed by atoms with E-state index in [1.54, 1.807) is 7.11 Å². The van der Waals surface area contributed by atoms with Gasteiger partial charge < -0.3 is 20.3 Å². The Hall–Kier alpha value is -0.570. The normalized spacial score (nSPS) is 15.5. The molecule has 0 spiro atoms. The summed E-state index contributed by atoms with van der Waals surface area (Å²) < 4.78 is 5.09. The van der Waals surface area contributed by atoms with Crippen molar-refractivity contribution >= 4 is 41.5 Å². The number of aliphatic imine (C=N–C) groups is 1. The van der Waals surface area contributed by atoms with Crippen molar-refractivity contribution in [3.8, 4) is 0 Å². The molecule has 1 aliphatic carbocycles. The molecule has 0 amide bonds. The molecule has 0 bridgehead atoms. The van der Waals surface area contributed by atoms with E-state index >= 15 is 0 Å². The lowest BCUT2D eigenvalue weighted by atomic mass is 9.96.